The van der Waals surface area contributed by atoms with E-state index in [2.05, 4.69) is 18.6 Å². The van der Waals surface area contributed by atoms with E-state index in [1.807, 2.05) is 45.0 Å². The number of rotatable bonds is 5. The molecule has 2 rings (SSSR count). The molecular weight excluding hydrogens is 306 g/mol. The molecule has 0 saturated heterocycles. The van der Waals surface area contributed by atoms with Crippen molar-refractivity contribution in [1.82, 2.24) is 0 Å². The Labute approximate surface area is 139 Å². The van der Waals surface area contributed by atoms with E-state index in [4.69, 9.17) is 0 Å². The van der Waals surface area contributed by atoms with Gasteiger partial charge in [-0.3, -0.25) is 4.72 Å². The first-order valence-electron chi connectivity index (χ1n) is 7.95. The Morgan fingerprint density at radius 1 is 1.00 bits per heavy atom. The smallest absolute Gasteiger partial charge is 0.261 e. The highest BCUT2D eigenvalue weighted by atomic mass is 32.2. The van der Waals surface area contributed by atoms with E-state index in [1.54, 1.807) is 12.1 Å². The van der Waals surface area contributed by atoms with Crippen LogP contribution >= 0.6 is 0 Å². The SMILES string of the molecule is CC[C@@H](C)c1ccc(S(=O)(=O)Nc2c(C)cc(C)cc2C)cc1. The molecule has 0 unspecified atom stereocenters. The molecule has 0 heterocycles. The van der Waals surface area contributed by atoms with E-state index in [-0.39, 0.29) is 0 Å². The van der Waals surface area contributed by atoms with Crippen molar-refractivity contribution < 1.29 is 8.42 Å². The molecule has 2 aromatic carbocycles. The highest BCUT2D eigenvalue weighted by molar-refractivity contribution is 7.92. The van der Waals surface area contributed by atoms with E-state index >= 15 is 0 Å². The minimum atomic E-state index is -3.57. The molecule has 0 radical (unpaired) electrons. The molecule has 0 aromatic heterocycles. The van der Waals surface area contributed by atoms with Gasteiger partial charge in [0.2, 0.25) is 0 Å². The number of sulfonamides is 1. The van der Waals surface area contributed by atoms with Crippen molar-refractivity contribution >= 4 is 15.7 Å². The van der Waals surface area contributed by atoms with Gasteiger partial charge in [-0.05, 0) is 61.9 Å². The van der Waals surface area contributed by atoms with Gasteiger partial charge in [-0.1, -0.05) is 43.7 Å². The Kier molecular flexibility index (Phi) is 5.15. The molecule has 124 valence electrons. The summed E-state index contributed by atoms with van der Waals surface area (Å²) in [5, 5.41) is 0. The normalized spacial score (nSPS) is 12.9. The molecule has 2 aromatic rings. The van der Waals surface area contributed by atoms with E-state index in [9.17, 15) is 8.42 Å². The van der Waals surface area contributed by atoms with Crippen molar-refractivity contribution in [2.24, 2.45) is 0 Å². The lowest BCUT2D eigenvalue weighted by Crippen LogP contribution is -2.15. The first-order chi connectivity index (χ1) is 10.7. The molecule has 0 bridgehead atoms. The highest BCUT2D eigenvalue weighted by Crippen LogP contribution is 2.26. The molecule has 0 saturated carbocycles. The summed E-state index contributed by atoms with van der Waals surface area (Å²) >= 11 is 0. The summed E-state index contributed by atoms with van der Waals surface area (Å²) in [6, 6.07) is 11.1. The quantitative estimate of drug-likeness (QED) is 0.844. The zero-order valence-electron chi connectivity index (χ0n) is 14.5. The summed E-state index contributed by atoms with van der Waals surface area (Å²) in [5.41, 5.74) is 4.82. The van der Waals surface area contributed by atoms with Gasteiger partial charge in [-0.15, -0.1) is 0 Å². The zero-order chi connectivity index (χ0) is 17.2. The molecule has 4 heteroatoms. The van der Waals surface area contributed by atoms with Crippen LogP contribution in [0.15, 0.2) is 41.3 Å². The number of nitrogens with one attached hydrogen (secondary N) is 1. The molecule has 3 nitrogen and oxygen atoms in total. The van der Waals surface area contributed by atoms with Crippen molar-refractivity contribution in [3.8, 4) is 0 Å². The fraction of sp³-hybridized carbons (Fsp3) is 0.368. The second-order valence-electron chi connectivity index (χ2n) is 6.26. The van der Waals surface area contributed by atoms with E-state index in [1.165, 1.54) is 0 Å². The largest absolute Gasteiger partial charge is 0.279 e. The second-order valence-corrected chi connectivity index (χ2v) is 7.94. The van der Waals surface area contributed by atoms with Gasteiger partial charge in [0.25, 0.3) is 10.0 Å². The van der Waals surface area contributed by atoms with Crippen LogP contribution in [0.25, 0.3) is 0 Å². The molecule has 23 heavy (non-hydrogen) atoms. The second kappa shape index (κ2) is 6.75. The number of hydrogen-bond donors (Lipinski definition) is 1. The third kappa shape index (κ3) is 3.94. The van der Waals surface area contributed by atoms with Crippen LogP contribution in [-0.4, -0.2) is 8.42 Å². The van der Waals surface area contributed by atoms with Gasteiger partial charge in [0.05, 0.1) is 10.6 Å². The Morgan fingerprint density at radius 3 is 2.00 bits per heavy atom. The molecule has 0 amide bonds. The summed E-state index contributed by atoms with van der Waals surface area (Å²) in [6.45, 7) is 10.1. The minimum absolute atomic E-state index is 0.295. The van der Waals surface area contributed by atoms with Crippen molar-refractivity contribution in [1.29, 1.82) is 0 Å². The van der Waals surface area contributed by atoms with Crippen LogP contribution in [0.2, 0.25) is 0 Å². The highest BCUT2D eigenvalue weighted by Gasteiger charge is 2.17. The summed E-state index contributed by atoms with van der Waals surface area (Å²) in [7, 11) is -3.57. The van der Waals surface area contributed by atoms with Crippen LogP contribution in [0.3, 0.4) is 0 Å². The Bertz CT molecular complexity index is 770. The van der Waals surface area contributed by atoms with Gasteiger partial charge in [0, 0.05) is 0 Å². The molecule has 0 aliphatic carbocycles. The predicted molar refractivity (Wildman–Crippen MR) is 96.6 cm³/mol. The fourth-order valence-corrected chi connectivity index (χ4v) is 3.95. The maximum absolute atomic E-state index is 12.6. The minimum Gasteiger partial charge on any atom is -0.279 e. The Balaban J connectivity index is 2.33. The number of aryl methyl sites for hydroxylation is 3. The van der Waals surface area contributed by atoms with Crippen LogP contribution in [0, 0.1) is 20.8 Å². The first kappa shape index (κ1) is 17.5. The molecular formula is C19H25NO2S. The number of benzene rings is 2. The van der Waals surface area contributed by atoms with E-state index < -0.39 is 10.0 Å². The maximum Gasteiger partial charge on any atom is 0.261 e. The fourth-order valence-electron chi connectivity index (χ4n) is 2.75. The standard InChI is InChI=1S/C19H25NO2S/c1-6-14(3)17-7-9-18(10-8-17)23(21,22)20-19-15(4)11-13(2)12-16(19)5/h7-12,14,20H,6H2,1-5H3/t14-/m1/s1. The van der Waals surface area contributed by atoms with Crippen LogP contribution in [0.5, 0.6) is 0 Å². The lowest BCUT2D eigenvalue weighted by molar-refractivity contribution is 0.601. The van der Waals surface area contributed by atoms with Crippen molar-refractivity contribution in [3.05, 3.63) is 58.7 Å². The lowest BCUT2D eigenvalue weighted by Gasteiger charge is -2.15. The van der Waals surface area contributed by atoms with E-state index in [0.29, 0.717) is 16.5 Å². The van der Waals surface area contributed by atoms with Crippen molar-refractivity contribution in [3.63, 3.8) is 0 Å². The van der Waals surface area contributed by atoms with E-state index in [0.717, 1.165) is 28.7 Å². The predicted octanol–water partition coefficient (Wildman–Crippen LogP) is 4.93. The van der Waals surface area contributed by atoms with Gasteiger partial charge in [-0.25, -0.2) is 8.42 Å². The van der Waals surface area contributed by atoms with Gasteiger partial charge in [0.1, 0.15) is 0 Å². The molecule has 0 aliphatic heterocycles. The van der Waals surface area contributed by atoms with Gasteiger partial charge in [0.15, 0.2) is 0 Å². The number of hydrogen-bond acceptors (Lipinski definition) is 2. The summed E-state index contributed by atoms with van der Waals surface area (Å²) in [4.78, 5) is 0.295. The average Bonchev–Trinajstić information content (AvgIpc) is 2.50. The van der Waals surface area contributed by atoms with Gasteiger partial charge < -0.3 is 0 Å². The molecule has 1 atom stereocenters. The third-order valence-corrected chi connectivity index (χ3v) is 5.65. The Hall–Kier alpha value is -1.81. The first-order valence-corrected chi connectivity index (χ1v) is 9.43. The number of anilines is 1. The van der Waals surface area contributed by atoms with Crippen molar-refractivity contribution in [2.45, 2.75) is 51.9 Å². The van der Waals surface area contributed by atoms with Crippen molar-refractivity contribution in [2.75, 3.05) is 4.72 Å². The van der Waals surface area contributed by atoms with Crippen LogP contribution in [0.4, 0.5) is 5.69 Å². The van der Waals surface area contributed by atoms with Crippen LogP contribution < -0.4 is 4.72 Å². The topological polar surface area (TPSA) is 46.2 Å². The Morgan fingerprint density at radius 2 is 1.52 bits per heavy atom. The summed E-state index contributed by atoms with van der Waals surface area (Å²) < 4.78 is 28.0. The van der Waals surface area contributed by atoms with Crippen LogP contribution in [0.1, 0.15) is 48.4 Å². The average molecular weight is 331 g/mol. The maximum atomic E-state index is 12.6. The summed E-state index contributed by atoms with van der Waals surface area (Å²) in [5.74, 6) is 0.432. The third-order valence-electron chi connectivity index (χ3n) is 4.29. The lowest BCUT2D eigenvalue weighted by atomic mass is 9.99. The molecule has 0 aliphatic rings. The van der Waals surface area contributed by atoms with Gasteiger partial charge >= 0.3 is 0 Å². The molecule has 0 spiro atoms. The monoisotopic (exact) mass is 331 g/mol. The summed E-state index contributed by atoms with van der Waals surface area (Å²) in [6.07, 6.45) is 1.03. The van der Waals surface area contributed by atoms with Gasteiger partial charge in [-0.2, -0.15) is 0 Å². The van der Waals surface area contributed by atoms with Crippen LogP contribution in [-0.2, 0) is 10.0 Å². The molecule has 0 fully saturated rings. The zero-order valence-corrected chi connectivity index (χ0v) is 15.3. The molecule has 1 N–H and O–H groups in total.